The number of hydrogen-bond acceptors (Lipinski definition) is 7. The Morgan fingerprint density at radius 3 is 2.62 bits per heavy atom. The van der Waals surface area contributed by atoms with Crippen molar-refractivity contribution in [2.24, 2.45) is 7.05 Å². The number of nitrogens with one attached hydrogen (secondary N) is 1. The SMILES string of the molecule is Cn1cc(-c2ccc(-c3cnc(N(C4CC4)[C@H]4C[C@@H]5C[C@H](F)[C@H](C4)N5)nn3)c(O)c2)cn1. The van der Waals surface area contributed by atoms with Crippen LogP contribution in [0.5, 0.6) is 5.75 Å². The van der Waals surface area contributed by atoms with Crippen LogP contribution in [0.3, 0.4) is 0 Å². The molecular weight excluding hydrogens is 409 g/mol. The lowest BCUT2D eigenvalue weighted by atomic mass is 9.98. The highest BCUT2D eigenvalue weighted by Gasteiger charge is 2.46. The van der Waals surface area contributed by atoms with E-state index in [2.05, 4.69) is 30.5 Å². The molecule has 6 rings (SSSR count). The minimum absolute atomic E-state index is 0.0671. The van der Waals surface area contributed by atoms with Crippen LogP contribution < -0.4 is 10.2 Å². The van der Waals surface area contributed by atoms with Gasteiger partial charge in [-0.05, 0) is 49.8 Å². The fourth-order valence-corrected chi connectivity index (χ4v) is 5.22. The molecule has 1 aliphatic carbocycles. The molecule has 1 saturated carbocycles. The molecule has 0 amide bonds. The van der Waals surface area contributed by atoms with Gasteiger partial charge in [0.15, 0.2) is 0 Å². The minimum Gasteiger partial charge on any atom is -0.507 e. The number of anilines is 1. The summed E-state index contributed by atoms with van der Waals surface area (Å²) in [6.45, 7) is 0. The van der Waals surface area contributed by atoms with Crippen molar-refractivity contribution < 1.29 is 9.50 Å². The van der Waals surface area contributed by atoms with Crippen LogP contribution in [0, 0.1) is 0 Å². The average Bonchev–Trinajstić information content (AvgIpc) is 3.46. The van der Waals surface area contributed by atoms with E-state index < -0.39 is 6.17 Å². The molecule has 2 aromatic heterocycles. The molecule has 8 nitrogen and oxygen atoms in total. The molecule has 4 atom stereocenters. The zero-order chi connectivity index (χ0) is 21.8. The fraction of sp³-hybridized carbons (Fsp3) is 0.478. The van der Waals surface area contributed by atoms with Gasteiger partial charge in [-0.1, -0.05) is 6.07 Å². The van der Waals surface area contributed by atoms with Crippen LogP contribution in [0.25, 0.3) is 22.4 Å². The quantitative estimate of drug-likeness (QED) is 0.637. The van der Waals surface area contributed by atoms with Crippen molar-refractivity contribution in [3.05, 3.63) is 36.8 Å². The number of fused-ring (bicyclic) bond motifs is 2. The van der Waals surface area contributed by atoms with E-state index in [4.69, 9.17) is 0 Å². The van der Waals surface area contributed by atoms with Gasteiger partial charge in [-0.2, -0.15) is 5.10 Å². The molecule has 3 fully saturated rings. The number of alkyl halides is 1. The molecule has 0 unspecified atom stereocenters. The van der Waals surface area contributed by atoms with Crippen LogP contribution in [0.4, 0.5) is 10.3 Å². The molecule has 0 spiro atoms. The number of rotatable bonds is 5. The van der Waals surface area contributed by atoms with Crippen molar-refractivity contribution >= 4 is 5.95 Å². The topological polar surface area (TPSA) is 92.0 Å². The third-order valence-corrected chi connectivity index (χ3v) is 6.90. The number of aryl methyl sites for hydroxylation is 1. The number of aromatic hydroxyl groups is 1. The maximum atomic E-state index is 14.2. The predicted octanol–water partition coefficient (Wildman–Crippen LogP) is 2.84. The first-order valence-corrected chi connectivity index (χ1v) is 11.3. The molecule has 3 aliphatic rings. The van der Waals surface area contributed by atoms with E-state index in [9.17, 15) is 9.50 Å². The predicted molar refractivity (Wildman–Crippen MR) is 118 cm³/mol. The van der Waals surface area contributed by atoms with Crippen LogP contribution >= 0.6 is 0 Å². The number of hydrogen-bond donors (Lipinski definition) is 2. The first kappa shape index (κ1) is 19.6. The largest absolute Gasteiger partial charge is 0.507 e. The van der Waals surface area contributed by atoms with Gasteiger partial charge in [0.2, 0.25) is 5.95 Å². The Balaban J connectivity index is 1.25. The lowest BCUT2D eigenvalue weighted by molar-refractivity contribution is 0.271. The summed E-state index contributed by atoms with van der Waals surface area (Å²) in [5, 5.41) is 27.0. The molecular formula is C23H26FN7O. The number of phenolic OH excluding ortho intramolecular Hbond substituents is 1. The normalized spacial score (nSPS) is 26.9. The lowest BCUT2D eigenvalue weighted by Crippen LogP contribution is -2.50. The van der Waals surface area contributed by atoms with Crippen molar-refractivity contribution in [2.75, 3.05) is 4.90 Å². The number of halogens is 1. The highest BCUT2D eigenvalue weighted by Crippen LogP contribution is 2.39. The summed E-state index contributed by atoms with van der Waals surface area (Å²) in [4.78, 5) is 6.89. The Labute approximate surface area is 185 Å². The standard InChI is InChI=1S/C23H26FN7O/c1-30-12-14(10-26-30)13-2-5-18(22(32)6-13)21-11-25-23(29-28-21)31(16-3-4-16)17-7-15-8-19(24)20(9-17)27-15/h2,5-6,10-12,15-17,19-20,27,32H,3-4,7-9H2,1H3/t15-,17+,19+,20+/m1/s1. The summed E-state index contributed by atoms with van der Waals surface area (Å²) in [5.41, 5.74) is 2.92. The Kier molecular flexibility index (Phi) is 4.60. The van der Waals surface area contributed by atoms with E-state index in [1.54, 1.807) is 23.1 Å². The average molecular weight is 436 g/mol. The van der Waals surface area contributed by atoms with E-state index in [0.29, 0.717) is 29.7 Å². The maximum absolute atomic E-state index is 14.2. The molecule has 32 heavy (non-hydrogen) atoms. The highest BCUT2D eigenvalue weighted by atomic mass is 19.1. The Bertz CT molecular complexity index is 1130. The van der Waals surface area contributed by atoms with E-state index >= 15 is 0 Å². The molecule has 2 N–H and O–H groups in total. The molecule has 2 aliphatic heterocycles. The number of nitrogens with zero attached hydrogens (tertiary/aromatic N) is 6. The van der Waals surface area contributed by atoms with Crippen LogP contribution in [-0.2, 0) is 7.05 Å². The van der Waals surface area contributed by atoms with Gasteiger partial charge < -0.3 is 15.3 Å². The van der Waals surface area contributed by atoms with Crippen LogP contribution in [-0.4, -0.2) is 60.4 Å². The van der Waals surface area contributed by atoms with Crippen LogP contribution in [0.1, 0.15) is 32.1 Å². The van der Waals surface area contributed by atoms with E-state index in [1.165, 1.54) is 0 Å². The van der Waals surface area contributed by atoms with Gasteiger partial charge in [0.25, 0.3) is 0 Å². The third kappa shape index (κ3) is 3.50. The van der Waals surface area contributed by atoms with Gasteiger partial charge in [-0.15, -0.1) is 10.2 Å². The number of phenols is 1. The molecule has 3 aromatic rings. The molecule has 9 heteroatoms. The van der Waals surface area contributed by atoms with E-state index in [1.807, 2.05) is 25.4 Å². The summed E-state index contributed by atoms with van der Waals surface area (Å²) in [6, 6.07) is 6.27. The zero-order valence-electron chi connectivity index (χ0n) is 17.9. The second kappa shape index (κ2) is 7.51. The second-order valence-electron chi connectivity index (χ2n) is 9.26. The Morgan fingerprint density at radius 2 is 1.97 bits per heavy atom. The number of benzene rings is 1. The summed E-state index contributed by atoms with van der Waals surface area (Å²) >= 11 is 0. The van der Waals surface area contributed by atoms with E-state index in [0.717, 1.165) is 36.8 Å². The molecule has 4 heterocycles. The molecule has 1 aromatic carbocycles. The Hall–Kier alpha value is -3.07. The summed E-state index contributed by atoms with van der Waals surface area (Å²) < 4.78 is 15.9. The minimum atomic E-state index is -0.759. The summed E-state index contributed by atoms with van der Waals surface area (Å²) in [5.74, 6) is 0.725. The van der Waals surface area contributed by atoms with Crippen LogP contribution in [0.15, 0.2) is 36.8 Å². The molecule has 2 bridgehead atoms. The smallest absolute Gasteiger partial charge is 0.245 e. The van der Waals surface area contributed by atoms with Crippen molar-refractivity contribution in [2.45, 2.75) is 62.4 Å². The lowest BCUT2D eigenvalue weighted by Gasteiger charge is -2.37. The van der Waals surface area contributed by atoms with Gasteiger partial charge in [0.05, 0.1) is 12.4 Å². The first-order chi connectivity index (χ1) is 15.5. The number of piperidine rings is 1. The summed E-state index contributed by atoms with van der Waals surface area (Å²) in [6.07, 6.45) is 9.08. The zero-order valence-corrected chi connectivity index (χ0v) is 17.9. The Morgan fingerprint density at radius 1 is 1.09 bits per heavy atom. The first-order valence-electron chi connectivity index (χ1n) is 11.3. The monoisotopic (exact) mass is 435 g/mol. The van der Waals surface area contributed by atoms with Crippen molar-refractivity contribution in [1.29, 1.82) is 0 Å². The fourth-order valence-electron chi connectivity index (χ4n) is 5.22. The van der Waals surface area contributed by atoms with E-state index in [-0.39, 0.29) is 23.9 Å². The van der Waals surface area contributed by atoms with Gasteiger partial charge >= 0.3 is 0 Å². The van der Waals surface area contributed by atoms with Gasteiger partial charge in [0, 0.05) is 48.5 Å². The molecule has 0 radical (unpaired) electrons. The second-order valence-corrected chi connectivity index (χ2v) is 9.26. The molecule has 2 saturated heterocycles. The van der Waals surface area contributed by atoms with Crippen LogP contribution in [0.2, 0.25) is 0 Å². The van der Waals surface area contributed by atoms with Crippen molar-refractivity contribution in [3.63, 3.8) is 0 Å². The maximum Gasteiger partial charge on any atom is 0.245 e. The van der Waals surface area contributed by atoms with Gasteiger partial charge in [-0.25, -0.2) is 9.37 Å². The number of aromatic nitrogens is 5. The van der Waals surface area contributed by atoms with Gasteiger partial charge in [-0.3, -0.25) is 4.68 Å². The molecule has 166 valence electrons. The highest BCUT2D eigenvalue weighted by molar-refractivity contribution is 5.73. The summed E-state index contributed by atoms with van der Waals surface area (Å²) in [7, 11) is 1.86. The van der Waals surface area contributed by atoms with Gasteiger partial charge in [0.1, 0.15) is 17.6 Å². The van der Waals surface area contributed by atoms with Crippen molar-refractivity contribution in [1.82, 2.24) is 30.3 Å². The third-order valence-electron chi connectivity index (χ3n) is 6.90. The van der Waals surface area contributed by atoms with Crippen molar-refractivity contribution in [3.8, 4) is 28.1 Å².